The molecule has 4 nitrogen and oxygen atoms in total. The SMILES string of the molecule is O=C(Cl)c1ccccc1NS(=O)(=O)c1ccc(F)cc1. The van der Waals surface area contributed by atoms with Gasteiger partial charge in [0.25, 0.3) is 15.3 Å². The molecule has 0 spiro atoms. The van der Waals surface area contributed by atoms with Gasteiger partial charge in [-0.25, -0.2) is 12.8 Å². The Morgan fingerprint density at radius 3 is 2.25 bits per heavy atom. The molecule has 0 aromatic heterocycles. The van der Waals surface area contributed by atoms with Crippen molar-refractivity contribution in [2.75, 3.05) is 4.72 Å². The normalized spacial score (nSPS) is 11.1. The summed E-state index contributed by atoms with van der Waals surface area (Å²) in [5.74, 6) is -0.541. The number of nitrogens with one attached hydrogen (secondary N) is 1. The lowest BCUT2D eigenvalue weighted by Crippen LogP contribution is -2.14. The first-order valence-electron chi connectivity index (χ1n) is 5.47. The van der Waals surface area contributed by atoms with E-state index in [1.165, 1.54) is 12.1 Å². The van der Waals surface area contributed by atoms with E-state index in [-0.39, 0.29) is 16.1 Å². The van der Waals surface area contributed by atoms with E-state index in [2.05, 4.69) is 4.72 Å². The molecule has 2 rings (SSSR count). The molecule has 20 heavy (non-hydrogen) atoms. The van der Waals surface area contributed by atoms with E-state index in [4.69, 9.17) is 11.6 Å². The number of carbonyl (C=O) groups excluding carboxylic acids is 1. The van der Waals surface area contributed by atoms with Crippen LogP contribution in [0.4, 0.5) is 10.1 Å². The van der Waals surface area contributed by atoms with Crippen molar-refractivity contribution in [3.05, 3.63) is 59.9 Å². The van der Waals surface area contributed by atoms with Crippen LogP contribution < -0.4 is 4.72 Å². The van der Waals surface area contributed by atoms with Gasteiger partial charge in [0.15, 0.2) is 0 Å². The summed E-state index contributed by atoms with van der Waals surface area (Å²) in [6, 6.07) is 10.3. The predicted octanol–water partition coefficient (Wildman–Crippen LogP) is 3.01. The fraction of sp³-hybridized carbons (Fsp3) is 0. The minimum absolute atomic E-state index is 0.0415. The highest BCUT2D eigenvalue weighted by atomic mass is 35.5. The van der Waals surface area contributed by atoms with Crippen molar-refractivity contribution < 1.29 is 17.6 Å². The quantitative estimate of drug-likeness (QED) is 0.883. The summed E-state index contributed by atoms with van der Waals surface area (Å²) in [5, 5.41) is -0.776. The number of anilines is 1. The number of benzene rings is 2. The number of carbonyl (C=O) groups is 1. The lowest BCUT2D eigenvalue weighted by molar-refractivity contribution is 0.108. The van der Waals surface area contributed by atoms with Crippen LogP contribution >= 0.6 is 11.6 Å². The average molecular weight is 314 g/mol. The van der Waals surface area contributed by atoms with Crippen molar-refractivity contribution >= 4 is 32.6 Å². The second kappa shape index (κ2) is 5.60. The maximum atomic E-state index is 12.8. The third-order valence-electron chi connectivity index (χ3n) is 2.51. The molecule has 1 N–H and O–H groups in total. The standard InChI is InChI=1S/C13H9ClFNO3S/c14-13(17)11-3-1-2-4-12(11)16-20(18,19)10-7-5-9(15)6-8-10/h1-8,16H. The molecule has 0 aliphatic heterocycles. The summed E-state index contributed by atoms with van der Waals surface area (Å²) in [6.07, 6.45) is 0. The van der Waals surface area contributed by atoms with Crippen molar-refractivity contribution in [1.29, 1.82) is 0 Å². The van der Waals surface area contributed by atoms with Crippen molar-refractivity contribution in [3.8, 4) is 0 Å². The number of hydrogen-bond acceptors (Lipinski definition) is 3. The van der Waals surface area contributed by atoms with Gasteiger partial charge in [0.1, 0.15) is 5.82 Å². The zero-order valence-electron chi connectivity index (χ0n) is 10.0. The van der Waals surface area contributed by atoms with Gasteiger partial charge in [-0.1, -0.05) is 12.1 Å². The van der Waals surface area contributed by atoms with Gasteiger partial charge in [0.2, 0.25) is 0 Å². The predicted molar refractivity (Wildman–Crippen MR) is 73.8 cm³/mol. The molecule has 2 aromatic rings. The van der Waals surface area contributed by atoms with E-state index in [9.17, 15) is 17.6 Å². The van der Waals surface area contributed by atoms with Gasteiger partial charge in [-0.3, -0.25) is 9.52 Å². The Morgan fingerprint density at radius 2 is 1.65 bits per heavy atom. The third-order valence-corrected chi connectivity index (χ3v) is 4.09. The number of halogens is 2. The van der Waals surface area contributed by atoms with Gasteiger partial charge >= 0.3 is 0 Å². The van der Waals surface area contributed by atoms with E-state index < -0.39 is 21.1 Å². The van der Waals surface area contributed by atoms with Crippen LogP contribution in [0.5, 0.6) is 0 Å². The summed E-state index contributed by atoms with van der Waals surface area (Å²) in [4.78, 5) is 11.1. The van der Waals surface area contributed by atoms with Crippen molar-refractivity contribution in [3.63, 3.8) is 0 Å². The van der Waals surface area contributed by atoms with Crippen LogP contribution in [-0.4, -0.2) is 13.7 Å². The van der Waals surface area contributed by atoms with Gasteiger partial charge in [-0.2, -0.15) is 0 Å². The second-order valence-electron chi connectivity index (χ2n) is 3.88. The molecule has 0 unspecified atom stereocenters. The van der Waals surface area contributed by atoms with Crippen molar-refractivity contribution in [2.24, 2.45) is 0 Å². The molecular weight excluding hydrogens is 305 g/mol. The van der Waals surface area contributed by atoms with Crippen LogP contribution in [0.25, 0.3) is 0 Å². The third kappa shape index (κ3) is 3.15. The zero-order valence-corrected chi connectivity index (χ0v) is 11.6. The highest BCUT2D eigenvalue weighted by Crippen LogP contribution is 2.21. The van der Waals surface area contributed by atoms with Gasteiger partial charge in [0, 0.05) is 0 Å². The first-order chi connectivity index (χ1) is 9.40. The van der Waals surface area contributed by atoms with Crippen LogP contribution in [0.3, 0.4) is 0 Å². The second-order valence-corrected chi connectivity index (χ2v) is 5.90. The van der Waals surface area contributed by atoms with E-state index in [1.807, 2.05) is 0 Å². The lowest BCUT2D eigenvalue weighted by atomic mass is 10.2. The lowest BCUT2D eigenvalue weighted by Gasteiger charge is -2.10. The number of sulfonamides is 1. The summed E-state index contributed by atoms with van der Waals surface area (Å²) in [5.41, 5.74) is 0.108. The molecule has 0 heterocycles. The highest BCUT2D eigenvalue weighted by molar-refractivity contribution is 7.92. The number of para-hydroxylation sites is 1. The Kier molecular flexibility index (Phi) is 4.06. The smallest absolute Gasteiger partial charge is 0.261 e. The topological polar surface area (TPSA) is 63.2 Å². The molecular formula is C13H9ClFNO3S. The number of rotatable bonds is 4. The van der Waals surface area contributed by atoms with Gasteiger partial charge in [-0.15, -0.1) is 0 Å². The molecule has 0 saturated heterocycles. The summed E-state index contributed by atoms with van der Waals surface area (Å²) >= 11 is 5.38. The molecule has 0 bridgehead atoms. The van der Waals surface area contributed by atoms with E-state index in [1.54, 1.807) is 12.1 Å². The largest absolute Gasteiger partial charge is 0.279 e. The van der Waals surface area contributed by atoms with Gasteiger partial charge in [-0.05, 0) is 48.0 Å². The fourth-order valence-corrected chi connectivity index (χ4v) is 2.81. The molecule has 0 amide bonds. The molecule has 0 radical (unpaired) electrons. The van der Waals surface area contributed by atoms with E-state index in [0.717, 1.165) is 24.3 Å². The first-order valence-corrected chi connectivity index (χ1v) is 7.33. The van der Waals surface area contributed by atoms with E-state index in [0.29, 0.717) is 0 Å². The maximum Gasteiger partial charge on any atom is 0.261 e. The molecule has 0 aliphatic rings. The average Bonchev–Trinajstić information content (AvgIpc) is 2.39. The minimum Gasteiger partial charge on any atom is -0.279 e. The van der Waals surface area contributed by atoms with Crippen LogP contribution in [-0.2, 0) is 10.0 Å². The Hall–Kier alpha value is -1.92. The molecule has 0 aliphatic carbocycles. The molecule has 0 atom stereocenters. The van der Waals surface area contributed by atoms with Crippen LogP contribution in [0.2, 0.25) is 0 Å². The highest BCUT2D eigenvalue weighted by Gasteiger charge is 2.17. The first kappa shape index (κ1) is 14.5. The van der Waals surface area contributed by atoms with Crippen LogP contribution in [0.15, 0.2) is 53.4 Å². The van der Waals surface area contributed by atoms with Gasteiger partial charge < -0.3 is 0 Å². The number of hydrogen-bond donors (Lipinski definition) is 1. The van der Waals surface area contributed by atoms with Crippen LogP contribution in [0, 0.1) is 5.82 Å². The Labute approximate surface area is 120 Å². The van der Waals surface area contributed by atoms with Crippen molar-refractivity contribution in [1.82, 2.24) is 0 Å². The van der Waals surface area contributed by atoms with E-state index >= 15 is 0 Å². The summed E-state index contributed by atoms with van der Waals surface area (Å²) in [7, 11) is -3.91. The minimum atomic E-state index is -3.91. The van der Waals surface area contributed by atoms with Crippen LogP contribution in [0.1, 0.15) is 10.4 Å². The summed E-state index contributed by atoms with van der Waals surface area (Å²) < 4.78 is 39.2. The molecule has 7 heteroatoms. The zero-order chi connectivity index (χ0) is 14.8. The molecule has 104 valence electrons. The van der Waals surface area contributed by atoms with Gasteiger partial charge in [0.05, 0.1) is 16.1 Å². The monoisotopic (exact) mass is 313 g/mol. The Morgan fingerprint density at radius 1 is 1.05 bits per heavy atom. The fourth-order valence-electron chi connectivity index (χ4n) is 1.56. The maximum absolute atomic E-state index is 12.8. The van der Waals surface area contributed by atoms with Crippen molar-refractivity contribution in [2.45, 2.75) is 4.90 Å². The Balaban J connectivity index is 2.38. The molecule has 0 fully saturated rings. The summed E-state index contributed by atoms with van der Waals surface area (Å²) in [6.45, 7) is 0. The molecule has 2 aromatic carbocycles. The molecule has 0 saturated carbocycles. The Bertz CT molecular complexity index is 744.